The van der Waals surface area contributed by atoms with Crippen molar-refractivity contribution in [2.24, 2.45) is 5.73 Å². The second kappa shape index (κ2) is 10.3. The summed E-state index contributed by atoms with van der Waals surface area (Å²) in [6.07, 6.45) is 2.82. The lowest BCUT2D eigenvalue weighted by Gasteiger charge is -2.31. The van der Waals surface area contributed by atoms with E-state index < -0.39 is 5.54 Å². The molecule has 2 atom stereocenters. The number of ketones is 1. The third-order valence-electron chi connectivity index (χ3n) is 5.25. The fourth-order valence-electron chi connectivity index (χ4n) is 3.20. The molecule has 0 aliphatic rings. The van der Waals surface area contributed by atoms with Gasteiger partial charge in [-0.25, -0.2) is 0 Å². The zero-order valence-electron chi connectivity index (χ0n) is 17.5. The predicted octanol–water partition coefficient (Wildman–Crippen LogP) is 4.58. The number of hydrogen-bond acceptors (Lipinski definition) is 5. The molecule has 0 aliphatic heterocycles. The van der Waals surface area contributed by atoms with E-state index in [9.17, 15) is 9.90 Å². The summed E-state index contributed by atoms with van der Waals surface area (Å²) in [4.78, 5) is 14.3. The summed E-state index contributed by atoms with van der Waals surface area (Å²) in [5.41, 5.74) is 9.20. The van der Waals surface area contributed by atoms with E-state index in [1.54, 1.807) is 6.92 Å². The molecule has 2 aromatic rings. The van der Waals surface area contributed by atoms with Gasteiger partial charge in [0.2, 0.25) is 0 Å². The monoisotopic (exact) mass is 403 g/mol. The summed E-state index contributed by atoms with van der Waals surface area (Å²) >= 11 is 1.48. The molecule has 1 heterocycles. The Balaban J connectivity index is 1.83. The fraction of sp³-hybridized carbons (Fsp3) is 0.522. The van der Waals surface area contributed by atoms with E-state index in [1.165, 1.54) is 28.0 Å². The van der Waals surface area contributed by atoms with Gasteiger partial charge in [0.15, 0.2) is 5.78 Å². The Morgan fingerprint density at radius 1 is 1.25 bits per heavy atom. The molecule has 1 aromatic heterocycles. The smallest absolute Gasteiger partial charge is 0.172 e. The molecule has 0 aliphatic carbocycles. The highest BCUT2D eigenvalue weighted by Gasteiger charge is 2.29. The SMILES string of the molecule is CCC(OCc1ccc(C(=O)CCCc2ccc(C)c(C)c2)s1)[C@@](C)(N)CO. The third kappa shape index (κ3) is 6.24. The molecule has 0 amide bonds. The van der Waals surface area contributed by atoms with Crippen molar-refractivity contribution >= 4 is 17.1 Å². The number of aliphatic hydroxyl groups is 1. The molecule has 2 rings (SSSR count). The largest absolute Gasteiger partial charge is 0.394 e. The summed E-state index contributed by atoms with van der Waals surface area (Å²) in [5.74, 6) is 0.186. The minimum absolute atomic E-state index is 0.125. The van der Waals surface area contributed by atoms with Crippen LogP contribution in [0.3, 0.4) is 0 Å². The first-order chi connectivity index (χ1) is 13.3. The summed E-state index contributed by atoms with van der Waals surface area (Å²) in [6, 6.07) is 10.3. The molecule has 0 bridgehead atoms. The average Bonchev–Trinajstić information content (AvgIpc) is 3.14. The van der Waals surface area contributed by atoms with Gasteiger partial charge in [-0.2, -0.15) is 0 Å². The Labute approximate surface area is 172 Å². The van der Waals surface area contributed by atoms with Crippen LogP contribution in [-0.4, -0.2) is 29.1 Å². The molecule has 0 saturated carbocycles. The van der Waals surface area contributed by atoms with Crippen LogP contribution in [0.2, 0.25) is 0 Å². The fourth-order valence-corrected chi connectivity index (χ4v) is 4.10. The summed E-state index contributed by atoms with van der Waals surface area (Å²) < 4.78 is 5.90. The van der Waals surface area contributed by atoms with Gasteiger partial charge < -0.3 is 15.6 Å². The lowest BCUT2D eigenvalue weighted by atomic mass is 9.95. The molecule has 1 unspecified atom stereocenters. The van der Waals surface area contributed by atoms with Gasteiger partial charge in [0, 0.05) is 11.3 Å². The molecule has 4 nitrogen and oxygen atoms in total. The van der Waals surface area contributed by atoms with E-state index in [4.69, 9.17) is 10.5 Å². The highest BCUT2D eigenvalue weighted by molar-refractivity contribution is 7.14. The number of thiophene rings is 1. The molecule has 0 radical (unpaired) electrons. The van der Waals surface area contributed by atoms with Crippen LogP contribution >= 0.6 is 11.3 Å². The number of rotatable bonds is 11. The van der Waals surface area contributed by atoms with E-state index >= 15 is 0 Å². The van der Waals surface area contributed by atoms with E-state index in [0.29, 0.717) is 13.0 Å². The number of Topliss-reactive ketones (excluding diaryl/α,β-unsaturated/α-hetero) is 1. The van der Waals surface area contributed by atoms with Gasteiger partial charge in [0.25, 0.3) is 0 Å². The van der Waals surface area contributed by atoms with Crippen molar-refractivity contribution in [3.63, 3.8) is 0 Å². The molecule has 0 spiro atoms. The second-order valence-electron chi connectivity index (χ2n) is 7.83. The number of ether oxygens (including phenoxy) is 1. The first-order valence-corrected chi connectivity index (χ1v) is 10.8. The maximum Gasteiger partial charge on any atom is 0.172 e. The van der Waals surface area contributed by atoms with Crippen LogP contribution < -0.4 is 5.73 Å². The Hall–Kier alpha value is -1.53. The van der Waals surface area contributed by atoms with Gasteiger partial charge in [0.1, 0.15) is 0 Å². The number of benzene rings is 1. The quantitative estimate of drug-likeness (QED) is 0.539. The predicted molar refractivity (Wildman–Crippen MR) is 116 cm³/mol. The lowest BCUT2D eigenvalue weighted by Crippen LogP contribution is -2.52. The van der Waals surface area contributed by atoms with Crippen molar-refractivity contribution in [1.82, 2.24) is 0 Å². The highest BCUT2D eigenvalue weighted by atomic mass is 32.1. The van der Waals surface area contributed by atoms with Crippen molar-refractivity contribution < 1.29 is 14.6 Å². The molecule has 28 heavy (non-hydrogen) atoms. The lowest BCUT2D eigenvalue weighted by molar-refractivity contribution is -0.0254. The zero-order chi connectivity index (χ0) is 20.7. The van der Waals surface area contributed by atoms with E-state index in [1.807, 2.05) is 19.1 Å². The topological polar surface area (TPSA) is 72.5 Å². The van der Waals surface area contributed by atoms with Crippen LogP contribution in [0.4, 0.5) is 0 Å². The molecule has 5 heteroatoms. The number of carbonyl (C=O) groups is 1. The normalized spacial score (nSPS) is 14.6. The van der Waals surface area contributed by atoms with Gasteiger partial charge in [0.05, 0.1) is 29.7 Å². The van der Waals surface area contributed by atoms with Gasteiger partial charge in [-0.15, -0.1) is 11.3 Å². The van der Waals surface area contributed by atoms with Gasteiger partial charge >= 0.3 is 0 Å². The Kier molecular flexibility index (Phi) is 8.38. The van der Waals surface area contributed by atoms with Crippen LogP contribution in [0.5, 0.6) is 0 Å². The average molecular weight is 404 g/mol. The van der Waals surface area contributed by atoms with Gasteiger partial charge in [-0.3, -0.25) is 4.79 Å². The summed E-state index contributed by atoms with van der Waals surface area (Å²) in [6.45, 7) is 8.30. The first kappa shape index (κ1) is 22.8. The van der Waals surface area contributed by atoms with Gasteiger partial charge in [-0.1, -0.05) is 25.1 Å². The number of carbonyl (C=O) groups excluding carboxylic acids is 1. The van der Waals surface area contributed by atoms with Crippen LogP contribution in [0.15, 0.2) is 30.3 Å². The maximum atomic E-state index is 12.5. The molecule has 154 valence electrons. The second-order valence-corrected chi connectivity index (χ2v) is 9.00. The minimum atomic E-state index is -0.765. The van der Waals surface area contributed by atoms with Crippen molar-refractivity contribution in [3.8, 4) is 0 Å². The molecular weight excluding hydrogens is 370 g/mol. The molecule has 0 saturated heterocycles. The van der Waals surface area contributed by atoms with Gasteiger partial charge in [-0.05, 0) is 68.9 Å². The minimum Gasteiger partial charge on any atom is -0.394 e. The third-order valence-corrected chi connectivity index (χ3v) is 6.35. The molecule has 0 fully saturated rings. The van der Waals surface area contributed by atoms with E-state index in [0.717, 1.165) is 29.0 Å². The Bertz CT molecular complexity index is 782. The summed E-state index contributed by atoms with van der Waals surface area (Å²) in [7, 11) is 0. The van der Waals surface area contributed by atoms with Crippen molar-refractivity contribution in [2.45, 2.75) is 71.6 Å². The number of aryl methyl sites for hydroxylation is 3. The van der Waals surface area contributed by atoms with Crippen molar-refractivity contribution in [3.05, 3.63) is 56.8 Å². The van der Waals surface area contributed by atoms with Crippen LogP contribution in [-0.2, 0) is 17.8 Å². The Morgan fingerprint density at radius 3 is 2.64 bits per heavy atom. The van der Waals surface area contributed by atoms with E-state index in [-0.39, 0.29) is 18.5 Å². The molecule has 1 aromatic carbocycles. The van der Waals surface area contributed by atoms with Crippen LogP contribution in [0, 0.1) is 13.8 Å². The van der Waals surface area contributed by atoms with Crippen LogP contribution in [0.1, 0.15) is 64.3 Å². The van der Waals surface area contributed by atoms with E-state index in [2.05, 4.69) is 32.0 Å². The number of aliphatic hydroxyl groups excluding tert-OH is 1. The number of hydrogen-bond donors (Lipinski definition) is 2. The molecule has 3 N–H and O–H groups in total. The zero-order valence-corrected chi connectivity index (χ0v) is 18.3. The first-order valence-electron chi connectivity index (χ1n) is 9.96. The highest BCUT2D eigenvalue weighted by Crippen LogP contribution is 2.23. The summed E-state index contributed by atoms with van der Waals surface area (Å²) in [5, 5.41) is 9.42. The number of nitrogens with two attached hydrogens (primary N) is 1. The maximum absolute atomic E-state index is 12.5. The van der Waals surface area contributed by atoms with Crippen LogP contribution in [0.25, 0.3) is 0 Å². The van der Waals surface area contributed by atoms with Crippen molar-refractivity contribution in [1.29, 1.82) is 0 Å². The van der Waals surface area contributed by atoms with Crippen molar-refractivity contribution in [2.75, 3.05) is 6.61 Å². The standard InChI is InChI=1S/C23H33NO3S/c1-5-22(23(4,24)15-25)27-14-19-11-12-21(28-19)20(26)8-6-7-18-10-9-16(2)17(3)13-18/h9-13,22,25H,5-8,14-15,24H2,1-4H3/t22?,23-/m0/s1. The molecular formula is C23H33NO3S. The Morgan fingerprint density at radius 2 is 2.00 bits per heavy atom.